The summed E-state index contributed by atoms with van der Waals surface area (Å²) >= 11 is 0. The van der Waals surface area contributed by atoms with Gasteiger partial charge < -0.3 is 28.4 Å². The Bertz CT molecular complexity index is 4260. The Morgan fingerprint density at radius 1 is 0.274 bits per heavy atom. The van der Waals surface area contributed by atoms with Crippen molar-refractivity contribution in [3.8, 4) is 34.5 Å². The third-order valence-electron chi connectivity index (χ3n) is 25.5. The summed E-state index contributed by atoms with van der Waals surface area (Å²) < 4.78 is 200. The number of unbranched alkanes of at least 4 members (excludes halogenated alkanes) is 2. The topological polar surface area (TPSA) is 55.4 Å². The average Bonchev–Trinajstić information content (AvgIpc) is 0.845. The van der Waals surface area contributed by atoms with Crippen molar-refractivity contribution in [2.24, 2.45) is 35.5 Å². The molecule has 0 N–H and O–H groups in total. The summed E-state index contributed by atoms with van der Waals surface area (Å²) in [5.41, 5.74) is 3.02. The molecule has 0 unspecified atom stereocenters. The van der Waals surface area contributed by atoms with Crippen molar-refractivity contribution < 1.29 is 81.1 Å². The SMILES string of the molecule is C=CC1CCC(c2ccc(OCC)c(F)c2F)CC1.C=CC1CCC(c2ccc(OCCCC)c(F)c2F)CC1.C=CCCC1CCC(c2ccc(OCC)c(F)c2F)CC1.CC=CC1CCC(c2ccc(OCC)c(F)c2F)CC1.CC=CC1CCC(c2ccc(OCCC)c(F)c2F)CC1.CCCC=CC1CCC(c2ccc(OCC)c(F)c2F)CC1. The lowest BCUT2D eigenvalue weighted by molar-refractivity contribution is 0.286. The van der Waals surface area contributed by atoms with Crippen LogP contribution in [-0.4, -0.2) is 39.6 Å². The van der Waals surface area contributed by atoms with Gasteiger partial charge in [0.05, 0.1) is 39.6 Å². The van der Waals surface area contributed by atoms with E-state index in [9.17, 15) is 52.7 Å². The maximum absolute atomic E-state index is 14.3. The van der Waals surface area contributed by atoms with Crippen molar-refractivity contribution in [2.75, 3.05) is 39.6 Å². The highest BCUT2D eigenvalue weighted by molar-refractivity contribution is 5.39. The molecule has 684 valence electrons. The number of allylic oxidation sites excluding steroid dienone is 9. The third-order valence-corrected chi connectivity index (χ3v) is 25.5. The Morgan fingerprint density at radius 3 is 0.758 bits per heavy atom. The summed E-state index contributed by atoms with van der Waals surface area (Å²) in [7, 11) is 0. The van der Waals surface area contributed by atoms with Crippen molar-refractivity contribution in [1.82, 2.24) is 0 Å². The second-order valence-corrected chi connectivity index (χ2v) is 33.8. The summed E-state index contributed by atoms with van der Waals surface area (Å²) in [5.74, 6) is -5.09. The van der Waals surface area contributed by atoms with Crippen molar-refractivity contribution in [1.29, 1.82) is 0 Å². The molecule has 0 heterocycles. The van der Waals surface area contributed by atoms with Gasteiger partial charge in [-0.1, -0.05) is 125 Å². The van der Waals surface area contributed by atoms with E-state index in [1.807, 2.05) is 45.9 Å². The first-order valence-electron chi connectivity index (χ1n) is 46.4. The first-order chi connectivity index (χ1) is 60.0. The van der Waals surface area contributed by atoms with Crippen LogP contribution in [0.4, 0.5) is 52.7 Å². The number of benzene rings is 6. The standard InChI is InChI=1S/C19H26F2O.3C18H24F2O.C17H22F2O.C16H20F2O/c1-3-5-6-7-14-8-10-15(11-9-14)16-12-13-17(22-4-2)19(21)18(16)20;1-3-5-12-21-16-11-10-15(17(19)18(16)20)14-8-6-13(4-2)7-9-14;1-3-5-13-6-8-14(9-7-13)15-10-11-16(21-12-4-2)18(20)17(15)19;1-3-5-6-13-7-9-14(10-8-13)15-11-12-16(21-4-2)18(20)17(15)19;1-3-5-12-6-8-13(9-7-12)14-10-11-15(20-4-2)17(19)16(14)18;1-3-11-5-7-12(8-6-11)13-9-10-14(19-4-2)16(18)15(13)17/h6-7,12-15H,3-5,8-11H2,1-2H3;4,10-11,13-14H,2-3,5-9,12H2,1H3;3,5,10-11,13-14H,4,6-9,12H2,1-2H3;3,11-14H,1,4-10H2,2H3;3,5,10-13H,4,6-9H2,1-2H3;3,9-12H,1,4-8H2,2H3. The number of hydrogen-bond acceptors (Lipinski definition) is 6. The van der Waals surface area contributed by atoms with Crippen molar-refractivity contribution in [2.45, 2.75) is 297 Å². The van der Waals surface area contributed by atoms with Gasteiger partial charge in [-0.3, -0.25) is 0 Å². The van der Waals surface area contributed by atoms with E-state index in [2.05, 4.69) is 63.1 Å². The van der Waals surface area contributed by atoms with Crippen LogP contribution in [0.25, 0.3) is 0 Å². The summed E-state index contributed by atoms with van der Waals surface area (Å²) in [6, 6.07) is 19.5. The van der Waals surface area contributed by atoms with Crippen molar-refractivity contribution >= 4 is 0 Å². The van der Waals surface area contributed by atoms with Crippen LogP contribution in [0.1, 0.15) is 330 Å². The first kappa shape index (κ1) is 103. The average molecular weight is 1740 g/mol. The lowest BCUT2D eigenvalue weighted by atomic mass is 9.77. The Hall–Kier alpha value is -8.28. The highest BCUT2D eigenvalue weighted by atomic mass is 19.2. The molecular formula is C106H140F12O6. The molecule has 6 aliphatic rings. The van der Waals surface area contributed by atoms with E-state index in [1.165, 1.54) is 12.5 Å². The van der Waals surface area contributed by atoms with Gasteiger partial charge in [0.25, 0.3) is 0 Å². The lowest BCUT2D eigenvalue weighted by Crippen LogP contribution is -2.15. The Kier molecular flexibility index (Phi) is 45.9. The predicted molar refractivity (Wildman–Crippen MR) is 481 cm³/mol. The molecule has 6 saturated carbocycles. The van der Waals surface area contributed by atoms with Gasteiger partial charge in [-0.05, 0) is 369 Å². The van der Waals surface area contributed by atoms with Gasteiger partial charge in [0, 0.05) is 0 Å². The molecule has 0 saturated heterocycles. The molecule has 6 aromatic rings. The Morgan fingerprint density at radius 2 is 0.524 bits per heavy atom. The fourth-order valence-corrected chi connectivity index (χ4v) is 18.3. The molecule has 0 radical (unpaired) electrons. The molecule has 0 bridgehead atoms. The first-order valence-corrected chi connectivity index (χ1v) is 46.4. The van der Waals surface area contributed by atoms with Crippen molar-refractivity contribution in [3.05, 3.63) is 250 Å². The van der Waals surface area contributed by atoms with Gasteiger partial charge in [0.15, 0.2) is 69.4 Å². The molecule has 6 nitrogen and oxygen atoms in total. The Labute approximate surface area is 734 Å². The molecule has 0 aliphatic heterocycles. The monoisotopic (exact) mass is 1740 g/mol. The number of ether oxygens (including phenoxy) is 6. The second-order valence-electron chi connectivity index (χ2n) is 33.8. The van der Waals surface area contributed by atoms with E-state index < -0.39 is 69.8 Å². The fourth-order valence-electron chi connectivity index (χ4n) is 18.3. The van der Waals surface area contributed by atoms with E-state index in [-0.39, 0.29) is 70.0 Å². The molecule has 6 aliphatic carbocycles. The minimum atomic E-state index is -0.856. The van der Waals surface area contributed by atoms with Crippen LogP contribution in [0.2, 0.25) is 0 Å². The smallest absolute Gasteiger partial charge is 0.200 e. The fraction of sp³-hybridized carbons (Fsp3) is 0.547. The molecular weight excluding hydrogens is 1600 g/mol. The highest BCUT2D eigenvalue weighted by Crippen LogP contribution is 2.46. The van der Waals surface area contributed by atoms with Gasteiger partial charge in [0.2, 0.25) is 34.9 Å². The molecule has 0 aromatic heterocycles. The lowest BCUT2D eigenvalue weighted by Gasteiger charge is -2.29. The molecule has 124 heavy (non-hydrogen) atoms. The van der Waals surface area contributed by atoms with E-state index in [0.717, 1.165) is 193 Å². The molecule has 0 amide bonds. The van der Waals surface area contributed by atoms with E-state index in [0.29, 0.717) is 109 Å². The summed E-state index contributed by atoms with van der Waals surface area (Å²) in [5, 5.41) is 0. The van der Waals surface area contributed by atoms with Crippen LogP contribution < -0.4 is 28.4 Å². The van der Waals surface area contributed by atoms with Crippen LogP contribution >= 0.6 is 0 Å². The van der Waals surface area contributed by atoms with Crippen LogP contribution in [0, 0.1) is 105 Å². The molecule has 6 aromatic carbocycles. The maximum atomic E-state index is 14.3. The minimum Gasteiger partial charge on any atom is -0.491 e. The van der Waals surface area contributed by atoms with Gasteiger partial charge in [-0.15, -0.1) is 19.7 Å². The zero-order chi connectivity index (χ0) is 90.0. The quantitative estimate of drug-likeness (QED) is 0.0246. The zero-order valence-electron chi connectivity index (χ0n) is 75.3. The number of rotatable bonds is 31. The van der Waals surface area contributed by atoms with Gasteiger partial charge in [-0.2, -0.15) is 26.3 Å². The molecule has 6 fully saturated rings. The zero-order valence-corrected chi connectivity index (χ0v) is 75.3. The maximum Gasteiger partial charge on any atom is 0.200 e. The summed E-state index contributed by atoms with van der Waals surface area (Å²) in [6.07, 6.45) is 49.5. The molecule has 0 atom stereocenters. The normalized spacial score (nSPS) is 22.5. The minimum absolute atomic E-state index is 0.00327. The summed E-state index contributed by atoms with van der Waals surface area (Å²) in [6.45, 7) is 30.8. The highest BCUT2D eigenvalue weighted by Gasteiger charge is 2.33. The number of halogens is 12. The van der Waals surface area contributed by atoms with Gasteiger partial charge in [-0.25, -0.2) is 26.3 Å². The predicted octanol–water partition coefficient (Wildman–Crippen LogP) is 32.8. The molecule has 0 spiro atoms. The third kappa shape index (κ3) is 30.5. The van der Waals surface area contributed by atoms with Gasteiger partial charge in [0.1, 0.15) is 0 Å². The van der Waals surface area contributed by atoms with Crippen LogP contribution in [0.15, 0.2) is 147 Å². The molecule has 12 rings (SSSR count). The van der Waals surface area contributed by atoms with E-state index >= 15 is 0 Å². The van der Waals surface area contributed by atoms with Crippen LogP contribution in [0.5, 0.6) is 34.5 Å². The van der Waals surface area contributed by atoms with Crippen molar-refractivity contribution in [3.63, 3.8) is 0 Å². The van der Waals surface area contributed by atoms with E-state index in [1.54, 1.807) is 94.4 Å². The van der Waals surface area contributed by atoms with Gasteiger partial charge >= 0.3 is 0 Å². The number of hydrogen-bond donors (Lipinski definition) is 0. The largest absolute Gasteiger partial charge is 0.491 e. The second kappa shape index (κ2) is 55.3. The molecule has 18 heteroatoms. The van der Waals surface area contributed by atoms with Crippen LogP contribution in [0.3, 0.4) is 0 Å². The Balaban J connectivity index is 0.000000205. The van der Waals surface area contributed by atoms with E-state index in [4.69, 9.17) is 28.4 Å². The summed E-state index contributed by atoms with van der Waals surface area (Å²) in [4.78, 5) is 0. The van der Waals surface area contributed by atoms with Crippen LogP contribution in [-0.2, 0) is 0 Å².